The summed E-state index contributed by atoms with van der Waals surface area (Å²) >= 11 is 0. The predicted octanol–water partition coefficient (Wildman–Crippen LogP) is 4.40. The van der Waals surface area contributed by atoms with E-state index in [4.69, 9.17) is 0 Å². The number of hydrogen-bond acceptors (Lipinski definition) is 4. The Kier molecular flexibility index (Phi) is 6.59. The minimum absolute atomic E-state index is 0.116. The number of hydrogen-bond donors (Lipinski definition) is 4. The summed E-state index contributed by atoms with van der Waals surface area (Å²) in [5.74, 6) is 0.635. The zero-order valence-corrected chi connectivity index (χ0v) is 20.3. The van der Waals surface area contributed by atoms with Crippen LogP contribution in [0.4, 0.5) is 0 Å². The van der Waals surface area contributed by atoms with Crippen molar-refractivity contribution in [3.63, 3.8) is 0 Å². The monoisotopic (exact) mass is 448 g/mol. The van der Waals surface area contributed by atoms with E-state index in [9.17, 15) is 25.2 Å². The lowest BCUT2D eigenvalue weighted by Crippen LogP contribution is -2.55. The van der Waals surface area contributed by atoms with E-state index in [2.05, 4.69) is 26.8 Å². The summed E-state index contributed by atoms with van der Waals surface area (Å²) in [7, 11) is 0. The molecular weight excluding hydrogens is 404 g/mol. The molecule has 0 spiro atoms. The summed E-state index contributed by atoms with van der Waals surface area (Å²) in [5.41, 5.74) is 1.60. The molecule has 0 radical (unpaired) electrons. The molecule has 5 heteroatoms. The van der Waals surface area contributed by atoms with Crippen molar-refractivity contribution >= 4 is 5.97 Å². The Bertz CT molecular complexity index is 748. The summed E-state index contributed by atoms with van der Waals surface area (Å²) in [6, 6.07) is 0. The third kappa shape index (κ3) is 3.86. The van der Waals surface area contributed by atoms with Gasteiger partial charge in [0.25, 0.3) is 0 Å². The van der Waals surface area contributed by atoms with Crippen LogP contribution in [0.5, 0.6) is 0 Å². The van der Waals surface area contributed by atoms with Crippen molar-refractivity contribution in [3.05, 3.63) is 11.6 Å². The molecule has 32 heavy (non-hydrogen) atoms. The van der Waals surface area contributed by atoms with Gasteiger partial charge in [0, 0.05) is 0 Å². The van der Waals surface area contributed by atoms with Crippen molar-refractivity contribution < 1.29 is 25.2 Å². The SMILES string of the molecule is CC(C(=O)O)C(O)CCC(C)[C@H]1CC[C@H]2[C@@H]3[C@@H](O)C=C4C[C@@H](O)CC[C@]4(C)[C@H]3CC[C@]12C. The minimum Gasteiger partial charge on any atom is -0.481 e. The fourth-order valence-corrected chi connectivity index (χ4v) is 8.65. The molecule has 0 heterocycles. The zero-order chi connectivity index (χ0) is 23.4. The van der Waals surface area contributed by atoms with E-state index in [0.29, 0.717) is 36.0 Å². The highest BCUT2D eigenvalue weighted by Crippen LogP contribution is 2.67. The van der Waals surface area contributed by atoms with Gasteiger partial charge in [-0.3, -0.25) is 4.79 Å². The van der Waals surface area contributed by atoms with Crippen LogP contribution < -0.4 is 0 Å². The van der Waals surface area contributed by atoms with Crippen molar-refractivity contribution in [3.8, 4) is 0 Å². The van der Waals surface area contributed by atoms with Crippen LogP contribution in [0.15, 0.2) is 11.6 Å². The average molecular weight is 449 g/mol. The molecule has 4 rings (SSSR count). The van der Waals surface area contributed by atoms with Gasteiger partial charge in [-0.2, -0.15) is 0 Å². The van der Waals surface area contributed by atoms with Gasteiger partial charge in [0.15, 0.2) is 0 Å². The Balaban J connectivity index is 1.49. The van der Waals surface area contributed by atoms with Gasteiger partial charge >= 0.3 is 5.97 Å². The Morgan fingerprint density at radius 3 is 2.47 bits per heavy atom. The van der Waals surface area contributed by atoms with Crippen LogP contribution in [-0.2, 0) is 4.79 Å². The van der Waals surface area contributed by atoms with Gasteiger partial charge in [-0.1, -0.05) is 32.4 Å². The largest absolute Gasteiger partial charge is 0.481 e. The van der Waals surface area contributed by atoms with Crippen molar-refractivity contribution in [2.45, 2.75) is 104 Å². The molecule has 5 nitrogen and oxygen atoms in total. The van der Waals surface area contributed by atoms with Crippen LogP contribution >= 0.6 is 0 Å². The van der Waals surface area contributed by atoms with Crippen molar-refractivity contribution in [1.82, 2.24) is 0 Å². The van der Waals surface area contributed by atoms with Crippen LogP contribution in [0, 0.1) is 46.3 Å². The number of carbonyl (C=O) groups is 1. The summed E-state index contributed by atoms with van der Waals surface area (Å²) in [5, 5.41) is 40.9. The molecule has 3 fully saturated rings. The Morgan fingerprint density at radius 2 is 1.78 bits per heavy atom. The number of rotatable bonds is 6. The molecule has 0 aromatic carbocycles. The highest BCUT2D eigenvalue weighted by molar-refractivity contribution is 5.70. The summed E-state index contributed by atoms with van der Waals surface area (Å²) in [6.07, 6.45) is 9.27. The van der Waals surface area contributed by atoms with Crippen LogP contribution in [0.25, 0.3) is 0 Å². The molecule has 0 bridgehead atoms. The Labute approximate surface area is 193 Å². The molecule has 3 unspecified atom stereocenters. The second-order valence-electron chi connectivity index (χ2n) is 12.3. The first-order valence-corrected chi connectivity index (χ1v) is 13.0. The lowest BCUT2D eigenvalue weighted by molar-refractivity contribution is -0.145. The van der Waals surface area contributed by atoms with Gasteiger partial charge in [0.05, 0.1) is 24.2 Å². The summed E-state index contributed by atoms with van der Waals surface area (Å²) < 4.78 is 0. The van der Waals surface area contributed by atoms with E-state index in [1.54, 1.807) is 6.92 Å². The van der Waals surface area contributed by atoms with Gasteiger partial charge in [-0.05, 0) is 105 Å². The fourth-order valence-electron chi connectivity index (χ4n) is 8.65. The topological polar surface area (TPSA) is 98.0 Å². The zero-order valence-electron chi connectivity index (χ0n) is 20.3. The van der Waals surface area contributed by atoms with Gasteiger partial charge in [-0.15, -0.1) is 0 Å². The molecule has 3 saturated carbocycles. The third-order valence-corrected chi connectivity index (χ3v) is 10.7. The average Bonchev–Trinajstić information content (AvgIpc) is 3.09. The Morgan fingerprint density at radius 1 is 1.06 bits per heavy atom. The first-order chi connectivity index (χ1) is 15.0. The molecule has 4 aliphatic rings. The maximum atomic E-state index is 11.3. The third-order valence-electron chi connectivity index (χ3n) is 10.7. The lowest BCUT2D eigenvalue weighted by atomic mass is 9.46. The number of aliphatic hydroxyl groups excluding tert-OH is 3. The molecule has 0 aromatic rings. The fraction of sp³-hybridized carbons (Fsp3) is 0.889. The van der Waals surface area contributed by atoms with Crippen LogP contribution in [-0.4, -0.2) is 44.7 Å². The summed E-state index contributed by atoms with van der Waals surface area (Å²) in [4.78, 5) is 11.2. The standard InChI is InChI=1S/C27H44O5/c1-15(5-8-22(29)16(2)25(31)32)19-6-7-20-24-21(10-12-27(19,20)4)26(3)11-9-18(28)13-17(26)14-23(24)30/h14-16,18-24,28-30H,5-13H2,1-4H3,(H,31,32)/t15?,16?,18-,19+,20-,21-,22?,23-,24-,26-,27+/m0/s1. The molecule has 0 amide bonds. The highest BCUT2D eigenvalue weighted by atomic mass is 16.4. The van der Waals surface area contributed by atoms with Gasteiger partial charge in [0.2, 0.25) is 0 Å². The van der Waals surface area contributed by atoms with E-state index in [-0.39, 0.29) is 16.9 Å². The maximum Gasteiger partial charge on any atom is 0.308 e. The van der Waals surface area contributed by atoms with Gasteiger partial charge < -0.3 is 20.4 Å². The van der Waals surface area contributed by atoms with Gasteiger partial charge in [-0.25, -0.2) is 0 Å². The predicted molar refractivity (Wildman–Crippen MR) is 124 cm³/mol. The molecule has 11 atom stereocenters. The molecular formula is C27H44O5. The van der Waals surface area contributed by atoms with E-state index in [1.165, 1.54) is 12.0 Å². The van der Waals surface area contributed by atoms with Crippen molar-refractivity contribution in [2.75, 3.05) is 0 Å². The second-order valence-corrected chi connectivity index (χ2v) is 12.3. The maximum absolute atomic E-state index is 11.3. The highest BCUT2D eigenvalue weighted by Gasteiger charge is 2.61. The van der Waals surface area contributed by atoms with E-state index in [0.717, 1.165) is 44.9 Å². The van der Waals surface area contributed by atoms with Crippen LogP contribution in [0.2, 0.25) is 0 Å². The van der Waals surface area contributed by atoms with E-state index >= 15 is 0 Å². The normalized spacial score (nSPS) is 46.3. The first-order valence-electron chi connectivity index (χ1n) is 13.0. The number of aliphatic hydroxyl groups is 3. The molecule has 0 saturated heterocycles. The number of fused-ring (bicyclic) bond motifs is 5. The molecule has 0 aliphatic heterocycles. The quantitative estimate of drug-likeness (QED) is 0.452. The number of carboxylic acids is 1. The van der Waals surface area contributed by atoms with E-state index < -0.39 is 24.1 Å². The molecule has 4 N–H and O–H groups in total. The first kappa shape index (κ1) is 24.2. The second kappa shape index (κ2) is 8.70. The van der Waals surface area contributed by atoms with E-state index in [1.807, 2.05) is 0 Å². The van der Waals surface area contributed by atoms with Crippen LogP contribution in [0.1, 0.15) is 85.5 Å². The lowest BCUT2D eigenvalue weighted by Gasteiger charge is -2.59. The molecule has 0 aromatic heterocycles. The number of carboxylic acid groups (broad SMARTS) is 1. The molecule has 4 aliphatic carbocycles. The van der Waals surface area contributed by atoms with Crippen LogP contribution in [0.3, 0.4) is 0 Å². The summed E-state index contributed by atoms with van der Waals surface area (Å²) in [6.45, 7) is 8.69. The smallest absolute Gasteiger partial charge is 0.308 e. The Hall–Kier alpha value is -0.910. The number of aliphatic carboxylic acids is 1. The van der Waals surface area contributed by atoms with Gasteiger partial charge in [0.1, 0.15) is 0 Å². The minimum atomic E-state index is -0.932. The van der Waals surface area contributed by atoms with Crippen molar-refractivity contribution in [2.24, 2.45) is 46.3 Å². The molecule has 182 valence electrons. The van der Waals surface area contributed by atoms with Crippen molar-refractivity contribution in [1.29, 1.82) is 0 Å².